The normalized spacial score (nSPS) is 11.8. The molecule has 0 bridgehead atoms. The topological polar surface area (TPSA) is 68.0 Å². The van der Waals surface area contributed by atoms with Crippen LogP contribution in [0.4, 0.5) is 0 Å². The van der Waals surface area contributed by atoms with E-state index in [0.717, 1.165) is 22.3 Å². The van der Waals surface area contributed by atoms with Gasteiger partial charge in [0.1, 0.15) is 0 Å². The molecule has 4 rings (SSSR count). The van der Waals surface area contributed by atoms with Crippen molar-refractivity contribution in [2.75, 3.05) is 0 Å². The highest BCUT2D eigenvalue weighted by atomic mass is 16.5. The maximum absolute atomic E-state index is 12.2. The molecule has 5 nitrogen and oxygen atoms in total. The Morgan fingerprint density at radius 3 is 2.17 bits per heavy atom. The summed E-state index contributed by atoms with van der Waals surface area (Å²) >= 11 is 0. The van der Waals surface area contributed by atoms with E-state index in [1.54, 1.807) is 0 Å². The molecule has 30 heavy (non-hydrogen) atoms. The van der Waals surface area contributed by atoms with Crippen molar-refractivity contribution >= 4 is 5.91 Å². The van der Waals surface area contributed by atoms with Crippen LogP contribution in [0.25, 0.3) is 22.5 Å². The molecule has 0 radical (unpaired) electrons. The Bertz CT molecular complexity index is 1090. The van der Waals surface area contributed by atoms with Crippen LogP contribution >= 0.6 is 0 Å². The molecule has 0 saturated carbocycles. The lowest BCUT2D eigenvalue weighted by Gasteiger charge is -2.13. The molecule has 1 atom stereocenters. The van der Waals surface area contributed by atoms with Crippen molar-refractivity contribution in [3.63, 3.8) is 0 Å². The van der Waals surface area contributed by atoms with Crippen molar-refractivity contribution in [1.29, 1.82) is 0 Å². The minimum Gasteiger partial charge on any atom is -0.350 e. The fourth-order valence-electron chi connectivity index (χ4n) is 3.28. The monoisotopic (exact) mass is 397 g/mol. The van der Waals surface area contributed by atoms with E-state index in [9.17, 15) is 4.79 Å². The van der Waals surface area contributed by atoms with Crippen LogP contribution in [0.3, 0.4) is 0 Å². The van der Waals surface area contributed by atoms with Crippen molar-refractivity contribution in [2.24, 2.45) is 0 Å². The molecule has 0 aliphatic carbocycles. The number of carbonyl (C=O) groups excluding carboxylic acids is 1. The molecule has 0 fully saturated rings. The number of nitrogens with one attached hydrogen (secondary N) is 1. The van der Waals surface area contributed by atoms with Gasteiger partial charge in [-0.15, -0.1) is 0 Å². The molecule has 1 aromatic heterocycles. The van der Waals surface area contributed by atoms with Crippen LogP contribution in [0.1, 0.15) is 30.8 Å². The highest BCUT2D eigenvalue weighted by Crippen LogP contribution is 2.23. The van der Waals surface area contributed by atoms with Gasteiger partial charge in [0.15, 0.2) is 0 Å². The van der Waals surface area contributed by atoms with E-state index in [2.05, 4.69) is 27.6 Å². The summed E-state index contributed by atoms with van der Waals surface area (Å²) in [4.78, 5) is 16.7. The largest absolute Gasteiger partial charge is 0.350 e. The Morgan fingerprint density at radius 2 is 1.47 bits per heavy atom. The molecular formula is C25H23N3O2. The summed E-state index contributed by atoms with van der Waals surface area (Å²) in [6.45, 7) is 1.97. The highest BCUT2D eigenvalue weighted by molar-refractivity contribution is 5.76. The third-order valence-electron chi connectivity index (χ3n) is 4.96. The molecule has 0 spiro atoms. The van der Waals surface area contributed by atoms with Gasteiger partial charge in [-0.25, -0.2) is 0 Å². The number of amides is 1. The summed E-state index contributed by atoms with van der Waals surface area (Å²) in [6, 6.07) is 28.1. The van der Waals surface area contributed by atoms with Crippen molar-refractivity contribution in [1.82, 2.24) is 15.5 Å². The van der Waals surface area contributed by atoms with Gasteiger partial charge in [-0.2, -0.15) is 4.98 Å². The van der Waals surface area contributed by atoms with Gasteiger partial charge >= 0.3 is 0 Å². The average molecular weight is 397 g/mol. The lowest BCUT2D eigenvalue weighted by Crippen LogP contribution is -2.26. The number of nitrogens with zero attached hydrogens (tertiary/aromatic N) is 2. The van der Waals surface area contributed by atoms with E-state index in [1.807, 2.05) is 79.7 Å². The second-order valence-corrected chi connectivity index (χ2v) is 7.15. The van der Waals surface area contributed by atoms with Gasteiger partial charge in [0.25, 0.3) is 0 Å². The van der Waals surface area contributed by atoms with Crippen molar-refractivity contribution in [3.8, 4) is 22.5 Å². The SMILES string of the molecule is CC(NC(=O)CCc1nc(-c2ccc(-c3ccccc3)cc2)no1)c1ccccc1. The number of hydrogen-bond donors (Lipinski definition) is 1. The molecule has 0 saturated heterocycles. The zero-order valence-electron chi connectivity index (χ0n) is 16.8. The van der Waals surface area contributed by atoms with Crippen LogP contribution < -0.4 is 5.32 Å². The summed E-state index contributed by atoms with van der Waals surface area (Å²) in [5, 5.41) is 7.06. The fourth-order valence-corrected chi connectivity index (χ4v) is 3.28. The first kappa shape index (κ1) is 19.6. The van der Waals surface area contributed by atoms with E-state index >= 15 is 0 Å². The third kappa shape index (κ3) is 4.81. The standard InChI is InChI=1S/C25H23N3O2/c1-18(19-8-4-2-5-9-19)26-23(29)16-17-24-27-25(28-30-24)22-14-12-21(13-15-22)20-10-6-3-7-11-20/h2-15,18H,16-17H2,1H3,(H,26,29). The molecule has 1 unspecified atom stereocenters. The van der Waals surface area contributed by atoms with Gasteiger partial charge in [-0.3, -0.25) is 4.79 Å². The summed E-state index contributed by atoms with van der Waals surface area (Å²) in [7, 11) is 0. The first-order chi connectivity index (χ1) is 14.7. The average Bonchev–Trinajstić information content (AvgIpc) is 3.28. The molecule has 1 N–H and O–H groups in total. The minimum absolute atomic E-state index is 0.0416. The summed E-state index contributed by atoms with van der Waals surface area (Å²) < 4.78 is 5.33. The van der Waals surface area contributed by atoms with Gasteiger partial charge in [0.2, 0.25) is 17.6 Å². The fraction of sp³-hybridized carbons (Fsp3) is 0.160. The number of aryl methyl sites for hydroxylation is 1. The Hall–Kier alpha value is -3.73. The van der Waals surface area contributed by atoms with Gasteiger partial charge in [0.05, 0.1) is 6.04 Å². The van der Waals surface area contributed by atoms with Crippen LogP contribution in [0.5, 0.6) is 0 Å². The summed E-state index contributed by atoms with van der Waals surface area (Å²) in [6.07, 6.45) is 0.703. The quantitative estimate of drug-likeness (QED) is 0.465. The Kier molecular flexibility index (Phi) is 5.99. The predicted molar refractivity (Wildman–Crippen MR) is 116 cm³/mol. The van der Waals surface area contributed by atoms with Crippen molar-refractivity contribution in [3.05, 3.63) is 96.4 Å². The number of benzene rings is 3. The smallest absolute Gasteiger partial charge is 0.227 e. The number of carbonyl (C=O) groups is 1. The van der Waals surface area contributed by atoms with Crippen molar-refractivity contribution in [2.45, 2.75) is 25.8 Å². The second kappa shape index (κ2) is 9.18. The number of hydrogen-bond acceptors (Lipinski definition) is 4. The molecule has 3 aromatic carbocycles. The first-order valence-corrected chi connectivity index (χ1v) is 10.0. The number of aromatic nitrogens is 2. The molecule has 1 heterocycles. The van der Waals surface area contributed by atoms with Gasteiger partial charge < -0.3 is 9.84 Å². The van der Waals surface area contributed by atoms with E-state index in [1.165, 1.54) is 0 Å². The lowest BCUT2D eigenvalue weighted by molar-refractivity contribution is -0.121. The molecule has 5 heteroatoms. The van der Waals surface area contributed by atoms with E-state index in [0.29, 0.717) is 24.6 Å². The second-order valence-electron chi connectivity index (χ2n) is 7.15. The number of rotatable bonds is 7. The molecule has 1 amide bonds. The Labute approximate surface area is 175 Å². The zero-order valence-corrected chi connectivity index (χ0v) is 16.8. The van der Waals surface area contributed by atoms with Crippen molar-refractivity contribution < 1.29 is 9.32 Å². The molecule has 0 aliphatic heterocycles. The van der Waals surface area contributed by atoms with Crippen LogP contribution in [0.2, 0.25) is 0 Å². The molecular weight excluding hydrogens is 374 g/mol. The van der Waals surface area contributed by atoms with Crippen LogP contribution in [-0.2, 0) is 11.2 Å². The minimum atomic E-state index is -0.0432. The van der Waals surface area contributed by atoms with Crippen LogP contribution in [0, 0.1) is 0 Å². The summed E-state index contributed by atoms with van der Waals surface area (Å²) in [5.41, 5.74) is 4.25. The van der Waals surface area contributed by atoms with Gasteiger partial charge in [-0.1, -0.05) is 90.1 Å². The highest BCUT2D eigenvalue weighted by Gasteiger charge is 2.13. The molecule has 0 aliphatic rings. The first-order valence-electron chi connectivity index (χ1n) is 10.0. The molecule has 4 aromatic rings. The predicted octanol–water partition coefficient (Wildman–Crippen LogP) is 5.21. The summed E-state index contributed by atoms with van der Waals surface area (Å²) in [5.74, 6) is 0.945. The Morgan fingerprint density at radius 1 is 0.867 bits per heavy atom. The van der Waals surface area contributed by atoms with Crippen LogP contribution in [-0.4, -0.2) is 16.0 Å². The van der Waals surface area contributed by atoms with Gasteiger partial charge in [-0.05, 0) is 23.6 Å². The lowest BCUT2D eigenvalue weighted by atomic mass is 10.0. The van der Waals surface area contributed by atoms with E-state index in [-0.39, 0.29) is 11.9 Å². The van der Waals surface area contributed by atoms with E-state index < -0.39 is 0 Å². The third-order valence-corrected chi connectivity index (χ3v) is 4.96. The zero-order chi connectivity index (χ0) is 20.8. The Balaban J connectivity index is 1.33. The molecule has 150 valence electrons. The maximum atomic E-state index is 12.2. The maximum Gasteiger partial charge on any atom is 0.227 e. The van der Waals surface area contributed by atoms with Crippen LogP contribution in [0.15, 0.2) is 89.5 Å². The van der Waals surface area contributed by atoms with Gasteiger partial charge in [0, 0.05) is 18.4 Å². The van der Waals surface area contributed by atoms with E-state index in [4.69, 9.17) is 4.52 Å².